The molecule has 0 aliphatic rings. The summed E-state index contributed by atoms with van der Waals surface area (Å²) in [5.74, 6) is -0.169. The third-order valence-corrected chi connectivity index (χ3v) is 5.43. The Morgan fingerprint density at radius 2 is 1.67 bits per heavy atom. The molecule has 0 atom stereocenters. The topological polar surface area (TPSA) is 102 Å². The van der Waals surface area contributed by atoms with Crippen LogP contribution in [-0.4, -0.2) is 41.6 Å². The monoisotopic (exact) mass is 484 g/mol. The maximum atomic E-state index is 13.3. The number of methoxy groups -OCH3 is 2. The normalized spacial score (nSPS) is 11.1. The van der Waals surface area contributed by atoms with E-state index in [-0.39, 0.29) is 11.6 Å². The Kier molecular flexibility index (Phi) is 6.87. The standard InChI is InChI=1S/C28H28N4O4/c1-28(2,3)32-26(33)21-16-30-23-14-24(35-4)19(17-11-12-22(29-15-17)27(34)36-5)13-20(23)25(21)31-18-9-7-6-8-10-18/h6-16H,1-5H3,(H,30,31)(H,32,33). The zero-order valence-electron chi connectivity index (χ0n) is 20.9. The molecule has 4 aromatic rings. The summed E-state index contributed by atoms with van der Waals surface area (Å²) in [6, 6.07) is 16.7. The largest absolute Gasteiger partial charge is 0.496 e. The molecule has 2 aromatic heterocycles. The van der Waals surface area contributed by atoms with Crippen molar-refractivity contribution in [2.45, 2.75) is 26.3 Å². The van der Waals surface area contributed by atoms with E-state index in [1.807, 2.05) is 63.2 Å². The highest BCUT2D eigenvalue weighted by Gasteiger charge is 2.22. The van der Waals surface area contributed by atoms with Crippen LogP contribution in [0.25, 0.3) is 22.0 Å². The van der Waals surface area contributed by atoms with Crippen molar-refractivity contribution in [2.24, 2.45) is 0 Å². The Morgan fingerprint density at radius 1 is 0.917 bits per heavy atom. The molecule has 0 saturated carbocycles. The minimum Gasteiger partial charge on any atom is -0.496 e. The molecule has 1 amide bonds. The molecule has 0 spiro atoms. The maximum Gasteiger partial charge on any atom is 0.356 e. The summed E-state index contributed by atoms with van der Waals surface area (Å²) >= 11 is 0. The van der Waals surface area contributed by atoms with Gasteiger partial charge in [0.1, 0.15) is 11.4 Å². The quantitative estimate of drug-likeness (QED) is 0.355. The SMILES string of the molecule is COC(=O)c1ccc(-c2cc3c(Nc4ccccc4)c(C(=O)NC(C)(C)C)cnc3cc2OC)cn1. The zero-order chi connectivity index (χ0) is 25.9. The van der Waals surface area contributed by atoms with Gasteiger partial charge in [0.25, 0.3) is 5.91 Å². The molecule has 2 heterocycles. The molecule has 0 saturated heterocycles. The van der Waals surface area contributed by atoms with Gasteiger partial charge in [0, 0.05) is 46.2 Å². The van der Waals surface area contributed by atoms with Crippen LogP contribution < -0.4 is 15.4 Å². The van der Waals surface area contributed by atoms with Crippen LogP contribution in [0.2, 0.25) is 0 Å². The highest BCUT2D eigenvalue weighted by atomic mass is 16.5. The van der Waals surface area contributed by atoms with E-state index in [0.717, 1.165) is 22.2 Å². The molecule has 4 rings (SSSR count). The number of fused-ring (bicyclic) bond motifs is 1. The van der Waals surface area contributed by atoms with Crippen LogP contribution in [-0.2, 0) is 4.74 Å². The lowest BCUT2D eigenvalue weighted by molar-refractivity contribution is 0.0594. The lowest BCUT2D eigenvalue weighted by atomic mass is 10.00. The van der Waals surface area contributed by atoms with Gasteiger partial charge in [-0.1, -0.05) is 24.3 Å². The van der Waals surface area contributed by atoms with E-state index in [1.54, 1.807) is 31.6 Å². The molecule has 2 N–H and O–H groups in total. The number of nitrogens with one attached hydrogen (secondary N) is 2. The summed E-state index contributed by atoms with van der Waals surface area (Å²) in [5.41, 5.74) is 3.77. The van der Waals surface area contributed by atoms with Gasteiger partial charge in [-0.3, -0.25) is 9.78 Å². The van der Waals surface area contributed by atoms with Crippen molar-refractivity contribution in [1.82, 2.24) is 15.3 Å². The summed E-state index contributed by atoms with van der Waals surface area (Å²) in [5, 5.41) is 7.16. The first-order chi connectivity index (χ1) is 17.2. The Balaban J connectivity index is 1.91. The van der Waals surface area contributed by atoms with Gasteiger partial charge in [-0.05, 0) is 45.0 Å². The third-order valence-electron chi connectivity index (χ3n) is 5.43. The molecule has 0 bridgehead atoms. The van der Waals surface area contributed by atoms with Crippen molar-refractivity contribution in [3.8, 4) is 16.9 Å². The van der Waals surface area contributed by atoms with E-state index < -0.39 is 11.5 Å². The van der Waals surface area contributed by atoms with Gasteiger partial charge < -0.3 is 20.1 Å². The Morgan fingerprint density at radius 3 is 2.28 bits per heavy atom. The number of carbonyl (C=O) groups excluding carboxylic acids is 2. The number of para-hydroxylation sites is 1. The van der Waals surface area contributed by atoms with E-state index in [4.69, 9.17) is 9.47 Å². The number of esters is 1. The van der Waals surface area contributed by atoms with Gasteiger partial charge >= 0.3 is 5.97 Å². The molecule has 8 heteroatoms. The second kappa shape index (κ2) is 10.0. The first-order valence-corrected chi connectivity index (χ1v) is 11.4. The van der Waals surface area contributed by atoms with Gasteiger partial charge in [0.15, 0.2) is 0 Å². The number of hydrogen-bond acceptors (Lipinski definition) is 7. The van der Waals surface area contributed by atoms with E-state index in [2.05, 4.69) is 20.6 Å². The van der Waals surface area contributed by atoms with Crippen LogP contribution in [0.15, 0.2) is 67.0 Å². The lowest BCUT2D eigenvalue weighted by Crippen LogP contribution is -2.40. The number of nitrogens with zero attached hydrogens (tertiary/aromatic N) is 2. The minimum atomic E-state index is -0.514. The van der Waals surface area contributed by atoms with Crippen LogP contribution in [0, 0.1) is 0 Å². The summed E-state index contributed by atoms with van der Waals surface area (Å²) < 4.78 is 10.4. The molecular formula is C28H28N4O4. The van der Waals surface area contributed by atoms with E-state index in [1.165, 1.54) is 7.11 Å². The molecule has 36 heavy (non-hydrogen) atoms. The minimum absolute atomic E-state index is 0.204. The first-order valence-electron chi connectivity index (χ1n) is 11.4. The van der Waals surface area contributed by atoms with E-state index in [0.29, 0.717) is 22.5 Å². The van der Waals surface area contributed by atoms with E-state index in [9.17, 15) is 9.59 Å². The molecule has 0 fully saturated rings. The highest BCUT2D eigenvalue weighted by Crippen LogP contribution is 2.38. The predicted molar refractivity (Wildman–Crippen MR) is 140 cm³/mol. The average molecular weight is 485 g/mol. The maximum absolute atomic E-state index is 13.3. The van der Waals surface area contributed by atoms with Gasteiger partial charge in [-0.2, -0.15) is 0 Å². The number of ether oxygens (including phenoxy) is 2. The average Bonchev–Trinajstić information content (AvgIpc) is 2.87. The van der Waals surface area contributed by atoms with Crippen LogP contribution >= 0.6 is 0 Å². The summed E-state index contributed by atoms with van der Waals surface area (Å²) in [6.45, 7) is 5.78. The Hall–Kier alpha value is -4.46. The van der Waals surface area contributed by atoms with Gasteiger partial charge in [-0.15, -0.1) is 0 Å². The van der Waals surface area contributed by atoms with Crippen molar-refractivity contribution in [3.63, 3.8) is 0 Å². The smallest absolute Gasteiger partial charge is 0.356 e. The highest BCUT2D eigenvalue weighted by molar-refractivity contribution is 6.09. The molecule has 184 valence electrons. The fourth-order valence-electron chi connectivity index (χ4n) is 3.77. The lowest BCUT2D eigenvalue weighted by Gasteiger charge is -2.22. The molecule has 0 unspecified atom stereocenters. The van der Waals surface area contributed by atoms with Crippen LogP contribution in [0.1, 0.15) is 41.6 Å². The molecule has 0 aliphatic heterocycles. The second-order valence-corrected chi connectivity index (χ2v) is 9.24. The molecule has 8 nitrogen and oxygen atoms in total. The Bertz CT molecular complexity index is 1410. The second-order valence-electron chi connectivity index (χ2n) is 9.24. The number of rotatable bonds is 6. The van der Waals surface area contributed by atoms with Crippen molar-refractivity contribution < 1.29 is 19.1 Å². The molecular weight excluding hydrogens is 456 g/mol. The number of amides is 1. The zero-order valence-corrected chi connectivity index (χ0v) is 20.9. The van der Waals surface area contributed by atoms with Crippen LogP contribution in [0.5, 0.6) is 5.75 Å². The van der Waals surface area contributed by atoms with Gasteiger partial charge in [0.2, 0.25) is 0 Å². The van der Waals surface area contributed by atoms with Crippen molar-refractivity contribution in [3.05, 3.63) is 78.2 Å². The predicted octanol–water partition coefficient (Wildman–Crippen LogP) is 5.36. The number of carbonyl (C=O) groups is 2. The number of anilines is 2. The number of hydrogen-bond donors (Lipinski definition) is 2. The molecule has 0 aliphatic carbocycles. The van der Waals surface area contributed by atoms with Crippen molar-refractivity contribution in [2.75, 3.05) is 19.5 Å². The number of benzene rings is 2. The summed E-state index contributed by atoms with van der Waals surface area (Å²) in [7, 11) is 2.89. The summed E-state index contributed by atoms with van der Waals surface area (Å²) in [6.07, 6.45) is 3.16. The van der Waals surface area contributed by atoms with Crippen molar-refractivity contribution >= 4 is 34.2 Å². The Labute approximate surface area is 209 Å². The summed E-state index contributed by atoms with van der Waals surface area (Å²) in [4.78, 5) is 33.9. The van der Waals surface area contributed by atoms with Gasteiger partial charge in [-0.25, -0.2) is 9.78 Å². The third kappa shape index (κ3) is 5.27. The van der Waals surface area contributed by atoms with E-state index >= 15 is 0 Å². The number of aromatic nitrogens is 2. The number of pyridine rings is 2. The molecule has 2 aromatic carbocycles. The fourth-order valence-corrected chi connectivity index (χ4v) is 3.77. The van der Waals surface area contributed by atoms with Crippen LogP contribution in [0.3, 0.4) is 0 Å². The fraction of sp³-hybridized carbons (Fsp3) is 0.214. The first kappa shape index (κ1) is 24.7. The van der Waals surface area contributed by atoms with Crippen LogP contribution in [0.4, 0.5) is 11.4 Å². The van der Waals surface area contributed by atoms with Gasteiger partial charge in [0.05, 0.1) is 31.0 Å². The molecule has 0 radical (unpaired) electrons. The van der Waals surface area contributed by atoms with Crippen molar-refractivity contribution in [1.29, 1.82) is 0 Å².